The predicted octanol–water partition coefficient (Wildman–Crippen LogP) is 3.95. The van der Waals surface area contributed by atoms with Crippen molar-refractivity contribution in [3.63, 3.8) is 0 Å². The van der Waals surface area contributed by atoms with Gasteiger partial charge < -0.3 is 25.3 Å². The molecule has 204 valence electrons. The maximum Gasteiger partial charge on any atom is 0.220 e. The van der Waals surface area contributed by atoms with E-state index >= 15 is 0 Å². The summed E-state index contributed by atoms with van der Waals surface area (Å²) in [5.74, 6) is 1.46. The standard InChI is InChI=1S/C32H37N3O4/c36-25-11-10-20-16-26-32(38)13-12-24(34-27(37)7-3-4-21-17-33-23-6-2-1-5-22(21)23)30-31(32,28(20)29(25)39-30)14-15-35(26)18-19-8-9-19/h1-2,5-6,10-11,17,19,24,26,30,33,36,38H,3-4,7-9,12-16,18H2,(H,34,37)/t24-,26+,30-,31-,32+/m0/s1. The Morgan fingerprint density at radius 1 is 1.15 bits per heavy atom. The molecule has 1 saturated heterocycles. The highest BCUT2D eigenvalue weighted by Crippen LogP contribution is 2.65. The molecule has 5 aliphatic rings. The van der Waals surface area contributed by atoms with Crippen LogP contribution < -0.4 is 10.1 Å². The number of piperidine rings is 1. The number of fused-ring (bicyclic) bond motifs is 1. The lowest BCUT2D eigenvalue weighted by Gasteiger charge is -2.64. The average Bonchev–Trinajstić information content (AvgIpc) is 3.54. The van der Waals surface area contributed by atoms with E-state index in [1.807, 2.05) is 24.4 Å². The molecule has 0 radical (unpaired) electrons. The summed E-state index contributed by atoms with van der Waals surface area (Å²) in [7, 11) is 0. The SMILES string of the molecule is O=C(CCCc1c[nH]c2ccccc12)N[C@H]1CC[C@@]2(O)[C@H]3Cc4ccc(O)c5c4[C@@]2(CCN3CC2CC2)[C@H]1O5. The van der Waals surface area contributed by atoms with Crippen LogP contribution in [0.5, 0.6) is 11.5 Å². The van der Waals surface area contributed by atoms with E-state index in [0.29, 0.717) is 25.0 Å². The number of aromatic amines is 1. The van der Waals surface area contributed by atoms with Crippen molar-refractivity contribution in [2.45, 2.75) is 87.0 Å². The molecule has 3 aromatic rings. The van der Waals surface area contributed by atoms with Crippen molar-refractivity contribution in [2.75, 3.05) is 13.1 Å². The van der Waals surface area contributed by atoms with Gasteiger partial charge in [0.25, 0.3) is 0 Å². The van der Waals surface area contributed by atoms with Gasteiger partial charge in [-0.15, -0.1) is 0 Å². The van der Waals surface area contributed by atoms with Gasteiger partial charge in [-0.25, -0.2) is 0 Å². The molecule has 1 aromatic heterocycles. The number of aromatic nitrogens is 1. The molecule has 2 aliphatic heterocycles. The summed E-state index contributed by atoms with van der Waals surface area (Å²) in [5.41, 5.74) is 3.04. The van der Waals surface area contributed by atoms with E-state index in [-0.39, 0.29) is 29.8 Å². The number of aromatic hydroxyl groups is 1. The Balaban J connectivity index is 1.04. The number of phenolic OH excluding ortho intramolecular Hbond substituents is 1. The van der Waals surface area contributed by atoms with Crippen molar-refractivity contribution < 1.29 is 19.7 Å². The van der Waals surface area contributed by atoms with Gasteiger partial charge in [0, 0.05) is 41.7 Å². The Morgan fingerprint density at radius 2 is 2.03 bits per heavy atom. The summed E-state index contributed by atoms with van der Waals surface area (Å²) < 4.78 is 6.58. The van der Waals surface area contributed by atoms with Gasteiger partial charge in [0.05, 0.1) is 17.1 Å². The van der Waals surface area contributed by atoms with Crippen molar-refractivity contribution in [1.82, 2.24) is 15.2 Å². The summed E-state index contributed by atoms with van der Waals surface area (Å²) in [4.78, 5) is 19.1. The second-order valence-electron chi connectivity index (χ2n) is 12.7. The summed E-state index contributed by atoms with van der Waals surface area (Å²) in [6.45, 7) is 1.98. The molecule has 3 fully saturated rings. The first-order valence-corrected chi connectivity index (χ1v) is 14.8. The molecule has 2 aromatic carbocycles. The molecule has 2 saturated carbocycles. The number of rotatable bonds is 7. The lowest BCUT2D eigenvalue weighted by molar-refractivity contribution is -0.192. The highest BCUT2D eigenvalue weighted by molar-refractivity contribution is 5.83. The summed E-state index contributed by atoms with van der Waals surface area (Å²) in [6, 6.07) is 11.9. The van der Waals surface area contributed by atoms with Gasteiger partial charge in [0.15, 0.2) is 11.5 Å². The highest BCUT2D eigenvalue weighted by Gasteiger charge is 2.73. The normalized spacial score (nSPS) is 32.6. The van der Waals surface area contributed by atoms with Gasteiger partial charge in [-0.05, 0) is 87.1 Å². The number of H-pyrrole nitrogens is 1. The number of carbonyl (C=O) groups is 1. The third-order valence-electron chi connectivity index (χ3n) is 10.6. The van der Waals surface area contributed by atoms with E-state index in [1.165, 1.54) is 29.4 Å². The van der Waals surface area contributed by atoms with E-state index in [1.54, 1.807) is 6.07 Å². The van der Waals surface area contributed by atoms with Crippen LogP contribution in [0.15, 0.2) is 42.6 Å². The zero-order chi connectivity index (χ0) is 26.4. The van der Waals surface area contributed by atoms with Gasteiger partial charge in [-0.2, -0.15) is 0 Å². The fourth-order valence-electron chi connectivity index (χ4n) is 8.69. The molecule has 39 heavy (non-hydrogen) atoms. The van der Waals surface area contributed by atoms with Crippen LogP contribution in [-0.4, -0.2) is 62.9 Å². The largest absolute Gasteiger partial charge is 0.504 e. The highest BCUT2D eigenvalue weighted by atomic mass is 16.5. The quantitative estimate of drug-likeness (QED) is 0.373. The molecule has 4 N–H and O–H groups in total. The van der Waals surface area contributed by atoms with Crippen LogP contribution in [0.4, 0.5) is 0 Å². The van der Waals surface area contributed by atoms with Crippen molar-refractivity contribution in [3.8, 4) is 11.5 Å². The smallest absolute Gasteiger partial charge is 0.220 e. The van der Waals surface area contributed by atoms with E-state index in [2.05, 4.69) is 27.3 Å². The topological polar surface area (TPSA) is 97.8 Å². The molecular weight excluding hydrogens is 490 g/mol. The van der Waals surface area contributed by atoms with E-state index < -0.39 is 11.0 Å². The van der Waals surface area contributed by atoms with Crippen molar-refractivity contribution in [1.29, 1.82) is 0 Å². The number of nitrogens with one attached hydrogen (secondary N) is 2. The second-order valence-corrected chi connectivity index (χ2v) is 12.7. The van der Waals surface area contributed by atoms with Crippen LogP contribution in [0.3, 0.4) is 0 Å². The average molecular weight is 528 g/mol. The number of para-hydroxylation sites is 1. The first kappa shape index (κ1) is 23.8. The minimum absolute atomic E-state index is 0.0317. The third kappa shape index (κ3) is 3.39. The molecule has 7 heteroatoms. The minimum atomic E-state index is -0.923. The zero-order valence-corrected chi connectivity index (χ0v) is 22.3. The number of nitrogens with zero attached hydrogens (tertiary/aromatic N) is 1. The molecule has 0 unspecified atom stereocenters. The van der Waals surface area contributed by atoms with E-state index in [0.717, 1.165) is 55.8 Å². The van der Waals surface area contributed by atoms with Crippen LogP contribution >= 0.6 is 0 Å². The molecule has 3 heterocycles. The number of likely N-dealkylation sites (tertiary alicyclic amines) is 1. The Labute approximate surface area is 228 Å². The van der Waals surface area contributed by atoms with E-state index in [9.17, 15) is 15.0 Å². The van der Waals surface area contributed by atoms with Gasteiger partial charge in [0.1, 0.15) is 6.10 Å². The van der Waals surface area contributed by atoms with Crippen LogP contribution in [0.25, 0.3) is 10.9 Å². The Hall–Kier alpha value is -3.03. The Bertz CT molecular complexity index is 1460. The number of hydrogen-bond donors (Lipinski definition) is 4. The molecule has 3 aliphatic carbocycles. The molecular formula is C32H37N3O4. The minimum Gasteiger partial charge on any atom is -0.504 e. The summed E-state index contributed by atoms with van der Waals surface area (Å²) in [6.07, 6.45) is 9.19. The summed E-state index contributed by atoms with van der Waals surface area (Å²) >= 11 is 0. The maximum atomic E-state index is 13.2. The van der Waals surface area contributed by atoms with Crippen molar-refractivity contribution in [2.24, 2.45) is 5.92 Å². The molecule has 8 rings (SSSR count). The lowest BCUT2D eigenvalue weighted by Crippen LogP contribution is -2.78. The second kappa shape index (κ2) is 8.48. The first-order chi connectivity index (χ1) is 19.0. The number of ether oxygens (including phenoxy) is 1. The monoisotopic (exact) mass is 527 g/mol. The molecule has 7 nitrogen and oxygen atoms in total. The fourth-order valence-corrected chi connectivity index (χ4v) is 8.69. The lowest BCUT2D eigenvalue weighted by atomic mass is 9.48. The number of benzene rings is 2. The maximum absolute atomic E-state index is 13.2. The van der Waals surface area contributed by atoms with Crippen molar-refractivity contribution in [3.05, 3.63) is 59.3 Å². The van der Waals surface area contributed by atoms with Gasteiger partial charge in [-0.3, -0.25) is 9.69 Å². The molecule has 5 atom stereocenters. The Morgan fingerprint density at radius 3 is 2.90 bits per heavy atom. The fraction of sp³-hybridized carbons (Fsp3) is 0.531. The number of phenols is 1. The van der Waals surface area contributed by atoms with Crippen LogP contribution in [0, 0.1) is 5.92 Å². The van der Waals surface area contributed by atoms with Gasteiger partial charge in [-0.1, -0.05) is 24.3 Å². The molecule has 1 spiro atoms. The number of carbonyl (C=O) groups excluding carboxylic acids is 1. The summed E-state index contributed by atoms with van der Waals surface area (Å²) in [5, 5.41) is 27.9. The number of hydrogen-bond acceptors (Lipinski definition) is 5. The number of aliphatic hydroxyl groups is 1. The molecule has 1 amide bonds. The molecule has 2 bridgehead atoms. The van der Waals surface area contributed by atoms with Crippen molar-refractivity contribution >= 4 is 16.8 Å². The number of amides is 1. The predicted molar refractivity (Wildman–Crippen MR) is 148 cm³/mol. The number of aryl methyl sites for hydroxylation is 1. The van der Waals surface area contributed by atoms with Crippen LogP contribution in [-0.2, 0) is 23.1 Å². The van der Waals surface area contributed by atoms with Gasteiger partial charge >= 0.3 is 0 Å². The van der Waals surface area contributed by atoms with Gasteiger partial charge in [0.2, 0.25) is 5.91 Å². The van der Waals surface area contributed by atoms with Crippen LogP contribution in [0.1, 0.15) is 61.6 Å². The third-order valence-corrected chi connectivity index (χ3v) is 10.6. The van der Waals surface area contributed by atoms with Crippen LogP contribution in [0.2, 0.25) is 0 Å². The zero-order valence-electron chi connectivity index (χ0n) is 22.3. The Kier molecular flexibility index (Phi) is 5.18. The first-order valence-electron chi connectivity index (χ1n) is 14.8. The van der Waals surface area contributed by atoms with E-state index in [4.69, 9.17) is 4.74 Å².